The molecular weight excluding hydrogens is 348 g/mol. The van der Waals surface area contributed by atoms with E-state index >= 15 is 0 Å². The van der Waals surface area contributed by atoms with Crippen molar-refractivity contribution >= 4 is 15.9 Å². The van der Waals surface area contributed by atoms with E-state index < -0.39 is 10.0 Å². The average molecular weight is 379 g/mol. The van der Waals surface area contributed by atoms with Gasteiger partial charge in [-0.2, -0.15) is 4.31 Å². The predicted octanol–water partition coefficient (Wildman–Crippen LogP) is 3.03. The summed E-state index contributed by atoms with van der Waals surface area (Å²) in [5.74, 6) is 1.17. The number of sulfonamides is 1. The van der Waals surface area contributed by atoms with Crippen LogP contribution in [0.5, 0.6) is 0 Å². The van der Waals surface area contributed by atoms with E-state index in [0.717, 1.165) is 6.42 Å². The zero-order chi connectivity index (χ0) is 18.7. The van der Waals surface area contributed by atoms with Gasteiger partial charge < -0.3 is 5.32 Å². The van der Waals surface area contributed by atoms with Crippen molar-refractivity contribution in [3.63, 3.8) is 0 Å². The van der Waals surface area contributed by atoms with Crippen molar-refractivity contribution in [3.8, 4) is 0 Å². The fraction of sp³-hybridized carbons (Fsp3) is 0.650. The van der Waals surface area contributed by atoms with E-state index in [1.807, 2.05) is 6.07 Å². The summed E-state index contributed by atoms with van der Waals surface area (Å²) >= 11 is 0. The van der Waals surface area contributed by atoms with Gasteiger partial charge in [0.25, 0.3) is 0 Å². The van der Waals surface area contributed by atoms with Crippen molar-refractivity contribution in [3.05, 3.63) is 30.3 Å². The quantitative estimate of drug-likeness (QED) is 0.876. The first-order valence-corrected chi connectivity index (χ1v) is 11.2. The van der Waals surface area contributed by atoms with Crippen molar-refractivity contribution < 1.29 is 13.2 Å². The Kier molecular flexibility index (Phi) is 6.03. The number of nitrogens with zero attached hydrogens (tertiary/aromatic N) is 1. The average Bonchev–Trinajstić information content (AvgIpc) is 2.66. The standard InChI is InChI=1S/C20H30N2O3S/c1-15-7-6-10-19(16(15)2)21-20(23)17-11-13-22(14-12-17)26(24,25)18-8-4-3-5-9-18/h3-5,8-9,15-17,19H,6-7,10-14H2,1-2H3,(H,21,23). The highest BCUT2D eigenvalue weighted by Crippen LogP contribution is 2.30. The van der Waals surface area contributed by atoms with Crippen molar-refractivity contribution in [1.82, 2.24) is 9.62 Å². The number of hydrogen-bond donors (Lipinski definition) is 1. The van der Waals surface area contributed by atoms with Gasteiger partial charge in [0.2, 0.25) is 15.9 Å². The molecule has 1 N–H and O–H groups in total. The molecule has 1 aromatic carbocycles. The van der Waals surface area contributed by atoms with Gasteiger partial charge in [-0.25, -0.2) is 8.42 Å². The van der Waals surface area contributed by atoms with Crippen LogP contribution in [-0.2, 0) is 14.8 Å². The molecule has 0 spiro atoms. The van der Waals surface area contributed by atoms with Crippen LogP contribution in [0.2, 0.25) is 0 Å². The molecule has 1 heterocycles. The monoisotopic (exact) mass is 378 g/mol. The number of carbonyl (C=O) groups excluding carboxylic acids is 1. The van der Waals surface area contributed by atoms with Gasteiger partial charge >= 0.3 is 0 Å². The number of hydrogen-bond acceptors (Lipinski definition) is 3. The van der Waals surface area contributed by atoms with Gasteiger partial charge in [-0.15, -0.1) is 0 Å². The van der Waals surface area contributed by atoms with Crippen molar-refractivity contribution in [2.24, 2.45) is 17.8 Å². The second-order valence-electron chi connectivity index (χ2n) is 7.87. The highest BCUT2D eigenvalue weighted by Gasteiger charge is 2.34. The van der Waals surface area contributed by atoms with Crippen LogP contribution in [0.4, 0.5) is 0 Å². The summed E-state index contributed by atoms with van der Waals surface area (Å²) in [6.45, 7) is 5.30. The molecule has 1 saturated heterocycles. The number of amides is 1. The molecule has 1 aromatic rings. The molecule has 144 valence electrons. The van der Waals surface area contributed by atoms with Crippen molar-refractivity contribution in [1.29, 1.82) is 0 Å². The van der Waals surface area contributed by atoms with E-state index in [1.54, 1.807) is 24.3 Å². The summed E-state index contributed by atoms with van der Waals surface area (Å²) in [5, 5.41) is 3.25. The summed E-state index contributed by atoms with van der Waals surface area (Å²) in [6, 6.07) is 8.79. The lowest BCUT2D eigenvalue weighted by Crippen LogP contribution is -2.48. The molecule has 0 radical (unpaired) electrons. The van der Waals surface area contributed by atoms with Crippen LogP contribution in [0, 0.1) is 17.8 Å². The molecule has 6 heteroatoms. The van der Waals surface area contributed by atoms with E-state index in [1.165, 1.54) is 17.1 Å². The first-order chi connectivity index (χ1) is 12.4. The third kappa shape index (κ3) is 4.12. The van der Waals surface area contributed by atoms with Gasteiger partial charge in [-0.1, -0.05) is 44.9 Å². The minimum absolute atomic E-state index is 0.0818. The van der Waals surface area contributed by atoms with Gasteiger partial charge in [0.05, 0.1) is 4.90 Å². The largest absolute Gasteiger partial charge is 0.353 e. The fourth-order valence-electron chi connectivity index (χ4n) is 4.19. The molecule has 26 heavy (non-hydrogen) atoms. The smallest absolute Gasteiger partial charge is 0.243 e. The van der Waals surface area contributed by atoms with Crippen molar-refractivity contribution in [2.45, 2.75) is 56.9 Å². The first kappa shape index (κ1) is 19.4. The fourth-order valence-corrected chi connectivity index (χ4v) is 5.68. The predicted molar refractivity (Wildman–Crippen MR) is 102 cm³/mol. The second kappa shape index (κ2) is 8.09. The molecule has 0 aromatic heterocycles. The third-order valence-corrected chi connectivity index (χ3v) is 8.15. The Morgan fingerprint density at radius 2 is 1.69 bits per heavy atom. The van der Waals surface area contributed by atoms with Crippen LogP contribution in [0.1, 0.15) is 46.0 Å². The third-order valence-electron chi connectivity index (χ3n) is 6.24. The summed E-state index contributed by atoms with van der Waals surface area (Å²) in [5.41, 5.74) is 0. The van der Waals surface area contributed by atoms with Gasteiger partial charge in [-0.05, 0) is 43.2 Å². The molecule has 0 bridgehead atoms. The number of piperidine rings is 1. The van der Waals surface area contributed by atoms with E-state index in [-0.39, 0.29) is 17.9 Å². The Labute approximate surface area is 157 Å². The van der Waals surface area contributed by atoms with E-state index in [4.69, 9.17) is 0 Å². The zero-order valence-electron chi connectivity index (χ0n) is 15.7. The molecule has 2 fully saturated rings. The SMILES string of the molecule is CC1CCCC(NC(=O)C2CCN(S(=O)(=O)c3ccccc3)CC2)C1C. The lowest BCUT2D eigenvalue weighted by molar-refractivity contribution is -0.127. The Hall–Kier alpha value is -1.40. The number of nitrogens with one attached hydrogen (secondary N) is 1. The molecule has 2 aliphatic rings. The number of rotatable bonds is 4. The van der Waals surface area contributed by atoms with Crippen LogP contribution < -0.4 is 5.32 Å². The minimum Gasteiger partial charge on any atom is -0.353 e. The van der Waals surface area contributed by atoms with Gasteiger partial charge in [0, 0.05) is 25.0 Å². The van der Waals surface area contributed by atoms with Crippen molar-refractivity contribution in [2.75, 3.05) is 13.1 Å². The van der Waals surface area contributed by atoms with Crippen LogP contribution in [0.15, 0.2) is 35.2 Å². The lowest BCUT2D eigenvalue weighted by atomic mass is 9.78. The Balaban J connectivity index is 1.56. The lowest BCUT2D eigenvalue weighted by Gasteiger charge is -2.36. The van der Waals surface area contributed by atoms with Gasteiger partial charge in [-0.3, -0.25) is 4.79 Å². The molecule has 1 aliphatic heterocycles. The number of carbonyl (C=O) groups is 1. The molecule has 5 nitrogen and oxygen atoms in total. The second-order valence-corrected chi connectivity index (χ2v) is 9.81. The van der Waals surface area contributed by atoms with Crippen LogP contribution in [0.3, 0.4) is 0 Å². The topological polar surface area (TPSA) is 66.5 Å². The van der Waals surface area contributed by atoms with Crippen LogP contribution in [0.25, 0.3) is 0 Å². The Bertz CT molecular complexity index is 712. The van der Waals surface area contributed by atoms with Gasteiger partial charge in [0.15, 0.2) is 0 Å². The molecule has 3 unspecified atom stereocenters. The zero-order valence-corrected chi connectivity index (χ0v) is 16.5. The maximum absolute atomic E-state index is 12.7. The van der Waals surface area contributed by atoms with Gasteiger partial charge in [0.1, 0.15) is 0 Å². The summed E-state index contributed by atoms with van der Waals surface area (Å²) in [4.78, 5) is 13.0. The minimum atomic E-state index is -3.45. The molecule has 1 aliphatic carbocycles. The van der Waals surface area contributed by atoms with Crippen LogP contribution in [-0.4, -0.2) is 37.8 Å². The summed E-state index contributed by atoms with van der Waals surface area (Å²) < 4.78 is 26.9. The normalized spacial score (nSPS) is 28.6. The molecular formula is C20H30N2O3S. The van der Waals surface area contributed by atoms with E-state index in [9.17, 15) is 13.2 Å². The number of benzene rings is 1. The Morgan fingerprint density at radius 3 is 2.35 bits per heavy atom. The maximum atomic E-state index is 12.7. The molecule has 3 atom stereocenters. The summed E-state index contributed by atoms with van der Waals surface area (Å²) in [6.07, 6.45) is 4.65. The Morgan fingerprint density at radius 1 is 1.04 bits per heavy atom. The van der Waals surface area contributed by atoms with E-state index in [2.05, 4.69) is 19.2 Å². The van der Waals surface area contributed by atoms with Crippen LogP contribution >= 0.6 is 0 Å². The molecule has 3 rings (SSSR count). The summed E-state index contributed by atoms with van der Waals surface area (Å²) in [7, 11) is -3.45. The maximum Gasteiger partial charge on any atom is 0.243 e. The molecule has 1 amide bonds. The van der Waals surface area contributed by atoms with E-state index in [0.29, 0.717) is 42.7 Å². The molecule has 1 saturated carbocycles. The highest BCUT2D eigenvalue weighted by atomic mass is 32.2. The first-order valence-electron chi connectivity index (χ1n) is 9.75. The highest BCUT2D eigenvalue weighted by molar-refractivity contribution is 7.89.